The largest absolute Gasteiger partial charge is 0.392 e. The van der Waals surface area contributed by atoms with E-state index in [1.165, 1.54) is 0 Å². The Balaban J connectivity index is 2.37. The molecule has 1 atom stereocenters. The summed E-state index contributed by atoms with van der Waals surface area (Å²) < 4.78 is 0. The van der Waals surface area contributed by atoms with Crippen molar-refractivity contribution in [2.24, 2.45) is 0 Å². The molecular formula is C14H28N2O2. The fraction of sp³-hybridized carbons (Fsp3) is 0.929. The number of β-amino-alcohol motifs (C(OH)–C–C–N with tert-alkyl or cyclic N) is 1. The van der Waals surface area contributed by atoms with Crippen molar-refractivity contribution in [3.05, 3.63) is 0 Å². The molecule has 0 spiro atoms. The Morgan fingerprint density at radius 3 is 2.33 bits per heavy atom. The normalized spacial score (nSPS) is 20.3. The maximum Gasteiger partial charge on any atom is 0.236 e. The highest BCUT2D eigenvalue weighted by atomic mass is 16.3. The van der Waals surface area contributed by atoms with E-state index >= 15 is 0 Å². The quantitative estimate of drug-likeness (QED) is 0.715. The highest BCUT2D eigenvalue weighted by molar-refractivity contribution is 5.78. The SMILES string of the molecule is CCCCN(CCCC)C(=O)CN1CC[C@@H](O)C1. The van der Waals surface area contributed by atoms with E-state index in [1.54, 1.807) is 0 Å². The fourth-order valence-corrected chi connectivity index (χ4v) is 2.31. The highest BCUT2D eigenvalue weighted by Crippen LogP contribution is 2.09. The third kappa shape index (κ3) is 5.36. The zero-order chi connectivity index (χ0) is 13.4. The van der Waals surface area contributed by atoms with Crippen LogP contribution in [0.25, 0.3) is 0 Å². The molecule has 0 aliphatic carbocycles. The van der Waals surface area contributed by atoms with Gasteiger partial charge in [0.15, 0.2) is 0 Å². The van der Waals surface area contributed by atoms with Crippen molar-refractivity contribution >= 4 is 5.91 Å². The first-order valence-electron chi connectivity index (χ1n) is 7.35. The van der Waals surface area contributed by atoms with Gasteiger partial charge in [-0.1, -0.05) is 26.7 Å². The van der Waals surface area contributed by atoms with Crippen LogP contribution in [0, 0.1) is 0 Å². The summed E-state index contributed by atoms with van der Waals surface area (Å²) in [5.74, 6) is 0.228. The number of carbonyl (C=O) groups is 1. The first-order chi connectivity index (χ1) is 8.67. The number of hydrogen-bond donors (Lipinski definition) is 1. The van der Waals surface area contributed by atoms with E-state index in [-0.39, 0.29) is 12.0 Å². The maximum atomic E-state index is 12.2. The molecule has 0 bridgehead atoms. The predicted molar refractivity (Wildman–Crippen MR) is 73.5 cm³/mol. The third-order valence-corrected chi connectivity index (χ3v) is 3.52. The van der Waals surface area contributed by atoms with Gasteiger partial charge in [0, 0.05) is 26.2 Å². The van der Waals surface area contributed by atoms with Gasteiger partial charge in [-0.25, -0.2) is 0 Å². The summed E-state index contributed by atoms with van der Waals surface area (Å²) in [7, 11) is 0. The number of carbonyl (C=O) groups excluding carboxylic acids is 1. The molecule has 1 aliphatic rings. The zero-order valence-electron chi connectivity index (χ0n) is 11.9. The summed E-state index contributed by atoms with van der Waals surface area (Å²) in [5, 5.41) is 9.47. The molecular weight excluding hydrogens is 228 g/mol. The van der Waals surface area contributed by atoms with Gasteiger partial charge in [0.05, 0.1) is 12.6 Å². The Bertz CT molecular complexity index is 238. The van der Waals surface area contributed by atoms with E-state index in [9.17, 15) is 9.90 Å². The van der Waals surface area contributed by atoms with E-state index in [4.69, 9.17) is 0 Å². The zero-order valence-corrected chi connectivity index (χ0v) is 11.9. The van der Waals surface area contributed by atoms with Crippen LogP contribution in [0.5, 0.6) is 0 Å². The van der Waals surface area contributed by atoms with Crippen molar-refractivity contribution in [1.82, 2.24) is 9.80 Å². The van der Waals surface area contributed by atoms with Gasteiger partial charge in [0.25, 0.3) is 0 Å². The van der Waals surface area contributed by atoms with Crippen LogP contribution in [0.3, 0.4) is 0 Å². The molecule has 4 nitrogen and oxygen atoms in total. The van der Waals surface area contributed by atoms with Gasteiger partial charge in [0.1, 0.15) is 0 Å². The number of aliphatic hydroxyl groups excluding tert-OH is 1. The number of unbranched alkanes of at least 4 members (excludes halogenated alkanes) is 2. The van der Waals surface area contributed by atoms with Gasteiger partial charge in [-0.15, -0.1) is 0 Å². The lowest BCUT2D eigenvalue weighted by Gasteiger charge is -2.25. The Kier molecular flexibility index (Phi) is 7.28. The second-order valence-corrected chi connectivity index (χ2v) is 5.27. The minimum absolute atomic E-state index is 0.228. The van der Waals surface area contributed by atoms with Gasteiger partial charge in [-0.05, 0) is 19.3 Å². The lowest BCUT2D eigenvalue weighted by Crippen LogP contribution is -2.40. The maximum absolute atomic E-state index is 12.2. The molecule has 1 saturated heterocycles. The molecule has 1 heterocycles. The molecule has 0 saturated carbocycles. The van der Waals surface area contributed by atoms with Crippen LogP contribution in [0.15, 0.2) is 0 Å². The van der Waals surface area contributed by atoms with Crippen LogP contribution in [-0.4, -0.2) is 59.6 Å². The van der Waals surface area contributed by atoms with Crippen molar-refractivity contribution < 1.29 is 9.90 Å². The number of amides is 1. The second-order valence-electron chi connectivity index (χ2n) is 5.27. The second kappa shape index (κ2) is 8.48. The van der Waals surface area contributed by atoms with Crippen LogP contribution in [0.2, 0.25) is 0 Å². The van der Waals surface area contributed by atoms with Crippen molar-refractivity contribution in [1.29, 1.82) is 0 Å². The number of rotatable bonds is 8. The molecule has 0 aromatic heterocycles. The van der Waals surface area contributed by atoms with E-state index in [0.29, 0.717) is 13.1 Å². The van der Waals surface area contributed by atoms with Gasteiger partial charge in [0.2, 0.25) is 5.91 Å². The molecule has 0 unspecified atom stereocenters. The minimum atomic E-state index is -0.238. The average molecular weight is 256 g/mol. The van der Waals surface area contributed by atoms with Crippen LogP contribution in [-0.2, 0) is 4.79 Å². The molecule has 0 aromatic rings. The molecule has 1 N–H and O–H groups in total. The monoisotopic (exact) mass is 256 g/mol. The van der Waals surface area contributed by atoms with Crippen molar-refractivity contribution in [2.75, 3.05) is 32.7 Å². The Morgan fingerprint density at radius 1 is 1.28 bits per heavy atom. The summed E-state index contributed by atoms with van der Waals surface area (Å²) in [6, 6.07) is 0. The first-order valence-corrected chi connectivity index (χ1v) is 7.35. The first kappa shape index (κ1) is 15.4. The van der Waals surface area contributed by atoms with Crippen LogP contribution in [0.1, 0.15) is 46.0 Å². The van der Waals surface area contributed by atoms with Gasteiger partial charge >= 0.3 is 0 Å². The number of likely N-dealkylation sites (tertiary alicyclic amines) is 1. The summed E-state index contributed by atoms with van der Waals surface area (Å²) in [6.45, 7) is 8.05. The van der Waals surface area contributed by atoms with Gasteiger partial charge in [-0.2, -0.15) is 0 Å². The van der Waals surface area contributed by atoms with E-state index in [1.807, 2.05) is 4.90 Å². The van der Waals surface area contributed by atoms with Crippen molar-refractivity contribution in [3.8, 4) is 0 Å². The lowest BCUT2D eigenvalue weighted by atomic mass is 10.2. The van der Waals surface area contributed by atoms with Crippen molar-refractivity contribution in [3.63, 3.8) is 0 Å². The molecule has 1 rings (SSSR count). The number of aliphatic hydroxyl groups is 1. The van der Waals surface area contributed by atoms with Crippen LogP contribution < -0.4 is 0 Å². The van der Waals surface area contributed by atoms with E-state index in [2.05, 4.69) is 18.7 Å². The Hall–Kier alpha value is -0.610. The van der Waals surface area contributed by atoms with Gasteiger partial charge < -0.3 is 10.0 Å². The molecule has 18 heavy (non-hydrogen) atoms. The summed E-state index contributed by atoms with van der Waals surface area (Å²) in [4.78, 5) is 16.3. The van der Waals surface area contributed by atoms with E-state index < -0.39 is 0 Å². The molecule has 0 radical (unpaired) electrons. The fourth-order valence-electron chi connectivity index (χ4n) is 2.31. The molecule has 1 aliphatic heterocycles. The summed E-state index contributed by atoms with van der Waals surface area (Å²) >= 11 is 0. The summed E-state index contributed by atoms with van der Waals surface area (Å²) in [6.07, 6.45) is 4.97. The van der Waals surface area contributed by atoms with Gasteiger partial charge in [-0.3, -0.25) is 9.69 Å². The molecule has 4 heteroatoms. The Morgan fingerprint density at radius 2 is 1.89 bits per heavy atom. The molecule has 1 amide bonds. The van der Waals surface area contributed by atoms with Crippen LogP contribution >= 0.6 is 0 Å². The standard InChI is InChI=1S/C14H28N2O2/c1-3-5-8-16(9-6-4-2)14(18)12-15-10-7-13(17)11-15/h13,17H,3-12H2,1-2H3/t13-/m1/s1. The smallest absolute Gasteiger partial charge is 0.236 e. The third-order valence-electron chi connectivity index (χ3n) is 3.52. The highest BCUT2D eigenvalue weighted by Gasteiger charge is 2.23. The number of hydrogen-bond acceptors (Lipinski definition) is 3. The Labute approximate surface area is 111 Å². The van der Waals surface area contributed by atoms with Crippen molar-refractivity contribution in [2.45, 2.75) is 52.1 Å². The predicted octanol–water partition coefficient (Wildman–Crippen LogP) is 1.48. The topological polar surface area (TPSA) is 43.8 Å². The number of nitrogens with zero attached hydrogens (tertiary/aromatic N) is 2. The summed E-state index contributed by atoms with van der Waals surface area (Å²) in [5.41, 5.74) is 0. The molecule has 0 aromatic carbocycles. The minimum Gasteiger partial charge on any atom is -0.392 e. The average Bonchev–Trinajstić information content (AvgIpc) is 2.75. The molecule has 1 fully saturated rings. The molecule has 106 valence electrons. The lowest BCUT2D eigenvalue weighted by molar-refractivity contribution is -0.132. The van der Waals surface area contributed by atoms with Crippen LogP contribution in [0.4, 0.5) is 0 Å². The van der Waals surface area contributed by atoms with E-state index in [0.717, 1.165) is 51.7 Å².